The minimum absolute atomic E-state index is 0.109. The molecule has 0 bridgehead atoms. The summed E-state index contributed by atoms with van der Waals surface area (Å²) in [7, 11) is 0. The standard InChI is InChI=1S/C38H44O4/c1-5-25-17-29(7-3)35(21-25)41-37(39)23-27-9-11-31-14-16-34-20-28(10-12-32(34)13-15-33(31)19-27)24-38(40)42-36-22-26(6-2)18-30(36)8-4/h5-12,19-20,25-26,29-30,35-36H,1-4,13-18,21-24H2. The third-order valence-corrected chi connectivity index (χ3v) is 9.58. The molecule has 0 amide bonds. The molecular weight excluding hydrogens is 520 g/mol. The topological polar surface area (TPSA) is 52.6 Å². The van der Waals surface area contributed by atoms with Crippen LogP contribution in [0.4, 0.5) is 0 Å². The average molecular weight is 565 g/mol. The van der Waals surface area contributed by atoms with Crippen molar-refractivity contribution < 1.29 is 19.1 Å². The lowest BCUT2D eigenvalue weighted by molar-refractivity contribution is -0.150. The number of hydrogen-bond donors (Lipinski definition) is 0. The predicted octanol–water partition coefficient (Wildman–Crippen LogP) is 7.28. The number of hydrogen-bond acceptors (Lipinski definition) is 4. The molecule has 4 nitrogen and oxygen atoms in total. The Hall–Kier alpha value is -3.66. The Morgan fingerprint density at radius 3 is 1.38 bits per heavy atom. The van der Waals surface area contributed by atoms with Crippen molar-refractivity contribution in [3.63, 3.8) is 0 Å². The Labute approximate surface area is 251 Å². The highest BCUT2D eigenvalue weighted by atomic mass is 16.5. The van der Waals surface area contributed by atoms with Crippen molar-refractivity contribution in [2.75, 3.05) is 0 Å². The first-order valence-electron chi connectivity index (χ1n) is 15.5. The van der Waals surface area contributed by atoms with Crippen molar-refractivity contribution in [1.29, 1.82) is 0 Å². The molecule has 2 aromatic rings. The maximum absolute atomic E-state index is 12.8. The van der Waals surface area contributed by atoms with Gasteiger partial charge in [0.15, 0.2) is 0 Å². The first-order chi connectivity index (χ1) is 20.4. The van der Waals surface area contributed by atoms with Crippen LogP contribution in [-0.4, -0.2) is 24.1 Å². The van der Waals surface area contributed by atoms with Gasteiger partial charge in [0.25, 0.3) is 0 Å². The molecule has 0 radical (unpaired) electrons. The van der Waals surface area contributed by atoms with E-state index in [4.69, 9.17) is 9.47 Å². The molecule has 3 aliphatic rings. The number of carbonyl (C=O) groups is 2. The Bertz CT molecular complexity index is 1250. The van der Waals surface area contributed by atoms with Gasteiger partial charge in [-0.2, -0.15) is 0 Å². The van der Waals surface area contributed by atoms with Crippen LogP contribution >= 0.6 is 0 Å². The van der Waals surface area contributed by atoms with E-state index < -0.39 is 0 Å². The second-order valence-electron chi connectivity index (χ2n) is 12.3. The molecule has 42 heavy (non-hydrogen) atoms. The van der Waals surface area contributed by atoms with E-state index in [-0.39, 0.29) is 48.8 Å². The van der Waals surface area contributed by atoms with Crippen LogP contribution in [0.1, 0.15) is 59.1 Å². The fourth-order valence-corrected chi connectivity index (χ4v) is 7.12. The maximum Gasteiger partial charge on any atom is 0.310 e. The lowest BCUT2D eigenvalue weighted by Crippen LogP contribution is -2.22. The maximum atomic E-state index is 12.8. The summed E-state index contributed by atoms with van der Waals surface area (Å²) in [4.78, 5) is 25.6. The molecule has 6 atom stereocenters. The smallest absolute Gasteiger partial charge is 0.310 e. The third-order valence-electron chi connectivity index (χ3n) is 9.58. The van der Waals surface area contributed by atoms with Gasteiger partial charge in [0.1, 0.15) is 12.2 Å². The number of esters is 2. The van der Waals surface area contributed by atoms with Crippen molar-refractivity contribution in [3.8, 4) is 0 Å². The Morgan fingerprint density at radius 1 is 0.595 bits per heavy atom. The zero-order chi connectivity index (χ0) is 29.6. The van der Waals surface area contributed by atoms with Gasteiger partial charge in [0, 0.05) is 11.8 Å². The quantitative estimate of drug-likeness (QED) is 0.225. The minimum Gasteiger partial charge on any atom is -0.461 e. The first-order valence-corrected chi connectivity index (χ1v) is 15.5. The summed E-state index contributed by atoms with van der Waals surface area (Å²) >= 11 is 0. The molecule has 0 saturated heterocycles. The van der Waals surface area contributed by atoms with Crippen LogP contribution < -0.4 is 0 Å². The highest BCUT2D eigenvalue weighted by Crippen LogP contribution is 2.36. The van der Waals surface area contributed by atoms with E-state index in [2.05, 4.69) is 62.7 Å². The number of allylic oxidation sites excluding steroid dienone is 2. The molecule has 2 saturated carbocycles. The largest absolute Gasteiger partial charge is 0.461 e. The average Bonchev–Trinajstić information content (AvgIpc) is 3.57. The van der Waals surface area contributed by atoms with Gasteiger partial charge in [-0.15, -0.1) is 26.3 Å². The molecule has 3 aliphatic carbocycles. The van der Waals surface area contributed by atoms with Gasteiger partial charge in [-0.25, -0.2) is 0 Å². The van der Waals surface area contributed by atoms with Crippen molar-refractivity contribution in [3.05, 3.63) is 120 Å². The second kappa shape index (κ2) is 13.5. The van der Waals surface area contributed by atoms with Gasteiger partial charge in [-0.3, -0.25) is 9.59 Å². The molecule has 5 rings (SSSR count). The van der Waals surface area contributed by atoms with Gasteiger partial charge in [-0.1, -0.05) is 60.7 Å². The van der Waals surface area contributed by atoms with E-state index in [0.29, 0.717) is 11.8 Å². The molecular formula is C38H44O4. The van der Waals surface area contributed by atoms with Gasteiger partial charge in [0.2, 0.25) is 0 Å². The van der Waals surface area contributed by atoms with E-state index in [1.54, 1.807) is 0 Å². The van der Waals surface area contributed by atoms with E-state index in [0.717, 1.165) is 62.5 Å². The fourth-order valence-electron chi connectivity index (χ4n) is 7.12. The Balaban J connectivity index is 1.17. The Kier molecular flexibility index (Phi) is 9.62. The zero-order valence-electron chi connectivity index (χ0n) is 24.8. The van der Waals surface area contributed by atoms with Crippen LogP contribution in [0.3, 0.4) is 0 Å². The highest BCUT2D eigenvalue weighted by molar-refractivity contribution is 5.73. The molecule has 0 spiro atoms. The van der Waals surface area contributed by atoms with Crippen molar-refractivity contribution in [1.82, 2.24) is 0 Å². The number of carbonyl (C=O) groups excluding carboxylic acids is 2. The summed E-state index contributed by atoms with van der Waals surface area (Å²) in [5, 5.41) is 0. The first kappa shape index (κ1) is 29.8. The molecule has 2 aromatic carbocycles. The van der Waals surface area contributed by atoms with Crippen LogP contribution in [0, 0.1) is 23.7 Å². The van der Waals surface area contributed by atoms with Crippen molar-refractivity contribution >= 4 is 11.9 Å². The second-order valence-corrected chi connectivity index (χ2v) is 12.3. The number of rotatable bonds is 10. The number of ether oxygens (including phenoxy) is 2. The molecule has 0 aromatic heterocycles. The Morgan fingerprint density at radius 2 is 1.00 bits per heavy atom. The lowest BCUT2D eigenvalue weighted by atomic mass is 9.87. The van der Waals surface area contributed by atoms with Gasteiger partial charge < -0.3 is 9.47 Å². The summed E-state index contributed by atoms with van der Waals surface area (Å²) in [5.74, 6) is 0.798. The summed E-state index contributed by atoms with van der Waals surface area (Å²) in [6.07, 6.45) is 15.3. The monoisotopic (exact) mass is 564 g/mol. The minimum atomic E-state index is -0.174. The highest BCUT2D eigenvalue weighted by Gasteiger charge is 2.34. The number of benzene rings is 2. The molecule has 2 fully saturated rings. The molecule has 220 valence electrons. The van der Waals surface area contributed by atoms with Crippen molar-refractivity contribution in [2.24, 2.45) is 23.7 Å². The molecule has 6 unspecified atom stereocenters. The van der Waals surface area contributed by atoms with Gasteiger partial charge >= 0.3 is 11.9 Å². The van der Waals surface area contributed by atoms with Crippen molar-refractivity contribution in [2.45, 2.75) is 76.4 Å². The van der Waals surface area contributed by atoms with Gasteiger partial charge in [0.05, 0.1) is 12.8 Å². The van der Waals surface area contributed by atoms with Crippen LogP contribution in [0.2, 0.25) is 0 Å². The van der Waals surface area contributed by atoms with E-state index in [9.17, 15) is 9.59 Å². The molecule has 4 heteroatoms. The normalized spacial score (nSPS) is 26.6. The predicted molar refractivity (Wildman–Crippen MR) is 168 cm³/mol. The van der Waals surface area contributed by atoms with Crippen LogP contribution in [0.25, 0.3) is 0 Å². The third kappa shape index (κ3) is 7.03. The van der Waals surface area contributed by atoms with Crippen LogP contribution in [0.5, 0.6) is 0 Å². The fraction of sp³-hybridized carbons (Fsp3) is 0.421. The molecule has 0 aliphatic heterocycles. The molecule has 0 heterocycles. The molecule has 0 N–H and O–H groups in total. The van der Waals surface area contributed by atoms with Crippen LogP contribution in [-0.2, 0) is 57.6 Å². The van der Waals surface area contributed by atoms with E-state index in [1.165, 1.54) is 22.3 Å². The van der Waals surface area contributed by atoms with E-state index >= 15 is 0 Å². The summed E-state index contributed by atoms with van der Waals surface area (Å²) in [6, 6.07) is 12.9. The van der Waals surface area contributed by atoms with E-state index in [1.807, 2.05) is 24.3 Å². The van der Waals surface area contributed by atoms with Gasteiger partial charge in [-0.05, 0) is 96.6 Å². The number of aryl methyl sites for hydroxylation is 4. The SMILES string of the molecule is C=CC1CC(C=C)C(OC(=O)Cc2ccc3c(c2)CCc2ccc(CC(=O)OC4CC(C=C)CC4C=C)cc2CC3)C1. The zero-order valence-corrected chi connectivity index (χ0v) is 24.8. The van der Waals surface area contributed by atoms with Crippen LogP contribution in [0.15, 0.2) is 87.0 Å². The summed E-state index contributed by atoms with van der Waals surface area (Å²) < 4.78 is 11.8. The lowest BCUT2D eigenvalue weighted by Gasteiger charge is -2.20. The summed E-state index contributed by atoms with van der Waals surface area (Å²) in [6.45, 7) is 15.7. The number of fused-ring (bicyclic) bond motifs is 2. The summed E-state index contributed by atoms with van der Waals surface area (Å²) in [5.41, 5.74) is 7.27.